The summed E-state index contributed by atoms with van der Waals surface area (Å²) in [5.41, 5.74) is -1.45. The van der Waals surface area contributed by atoms with E-state index in [1.807, 2.05) is 0 Å². The molecule has 7 nitrogen and oxygen atoms in total. The van der Waals surface area contributed by atoms with Crippen molar-refractivity contribution in [1.82, 2.24) is 4.72 Å². The van der Waals surface area contributed by atoms with Gasteiger partial charge in [-0.2, -0.15) is 4.72 Å². The van der Waals surface area contributed by atoms with Crippen LogP contribution in [0.3, 0.4) is 0 Å². The van der Waals surface area contributed by atoms with Crippen molar-refractivity contribution in [3.63, 3.8) is 0 Å². The van der Waals surface area contributed by atoms with Gasteiger partial charge in [-0.3, -0.25) is 4.79 Å². The molecule has 108 valence electrons. The van der Waals surface area contributed by atoms with Crippen molar-refractivity contribution < 1.29 is 26.4 Å². The quantitative estimate of drug-likeness (QED) is 0.644. The maximum atomic E-state index is 11.7. The van der Waals surface area contributed by atoms with Gasteiger partial charge in [-0.25, -0.2) is 16.8 Å². The van der Waals surface area contributed by atoms with E-state index in [4.69, 9.17) is 0 Å². The zero-order chi connectivity index (χ0) is 14.6. The molecular weight excluding hydrogens is 282 g/mol. The monoisotopic (exact) mass is 301 g/mol. The first-order chi connectivity index (χ1) is 7.96. The number of esters is 1. The van der Waals surface area contributed by atoms with E-state index in [0.29, 0.717) is 6.42 Å². The van der Waals surface area contributed by atoms with Crippen molar-refractivity contribution in [2.24, 2.45) is 0 Å². The zero-order valence-corrected chi connectivity index (χ0v) is 12.5. The maximum absolute atomic E-state index is 11.7. The molecule has 0 aromatic heterocycles. The zero-order valence-electron chi connectivity index (χ0n) is 10.9. The second-order valence-corrected chi connectivity index (χ2v) is 8.56. The number of sulfone groups is 1. The van der Waals surface area contributed by atoms with Crippen LogP contribution in [0.4, 0.5) is 0 Å². The normalized spacial score (nSPS) is 16.0. The summed E-state index contributed by atoms with van der Waals surface area (Å²) in [4.78, 5) is 11.6. The van der Waals surface area contributed by atoms with Gasteiger partial charge in [-0.05, 0) is 13.3 Å². The second-order valence-electron chi connectivity index (χ2n) is 4.33. The van der Waals surface area contributed by atoms with Gasteiger partial charge in [-0.1, -0.05) is 13.3 Å². The Balaban J connectivity index is 5.17. The summed E-state index contributed by atoms with van der Waals surface area (Å²) < 4.78 is 51.9. The van der Waals surface area contributed by atoms with E-state index >= 15 is 0 Å². The van der Waals surface area contributed by atoms with Crippen molar-refractivity contribution in [3.8, 4) is 0 Å². The van der Waals surface area contributed by atoms with Crippen LogP contribution in [-0.2, 0) is 29.4 Å². The lowest BCUT2D eigenvalue weighted by Crippen LogP contribution is -2.53. The van der Waals surface area contributed by atoms with Crippen LogP contribution in [0.15, 0.2) is 0 Å². The molecule has 18 heavy (non-hydrogen) atoms. The lowest BCUT2D eigenvalue weighted by Gasteiger charge is -2.26. The maximum Gasteiger partial charge on any atom is 0.326 e. The first-order valence-corrected chi connectivity index (χ1v) is 8.95. The fourth-order valence-corrected chi connectivity index (χ4v) is 4.94. The van der Waals surface area contributed by atoms with Crippen molar-refractivity contribution in [3.05, 3.63) is 0 Å². The van der Waals surface area contributed by atoms with Crippen LogP contribution >= 0.6 is 0 Å². The Hall–Kier alpha value is -0.670. The molecule has 1 atom stereocenters. The van der Waals surface area contributed by atoms with Gasteiger partial charge in [0.15, 0.2) is 14.9 Å². The van der Waals surface area contributed by atoms with E-state index < -0.39 is 36.5 Å². The number of ether oxygens (including phenoxy) is 1. The van der Waals surface area contributed by atoms with Gasteiger partial charge in [0.1, 0.15) is 5.54 Å². The SMILES string of the molecule is CCCC(C)(NS(=O)(=O)CS(C)(=O)=O)C(=O)OC. The molecule has 0 aromatic rings. The minimum Gasteiger partial charge on any atom is -0.468 e. The average Bonchev–Trinajstić information content (AvgIpc) is 2.11. The Labute approximate surface area is 108 Å². The van der Waals surface area contributed by atoms with E-state index in [9.17, 15) is 21.6 Å². The van der Waals surface area contributed by atoms with E-state index in [0.717, 1.165) is 13.4 Å². The van der Waals surface area contributed by atoms with Crippen LogP contribution in [0.5, 0.6) is 0 Å². The van der Waals surface area contributed by atoms with Crippen LogP contribution in [0.25, 0.3) is 0 Å². The summed E-state index contributed by atoms with van der Waals surface area (Å²) in [6.45, 7) is 3.13. The molecule has 0 heterocycles. The molecule has 1 unspecified atom stereocenters. The molecule has 0 bridgehead atoms. The summed E-state index contributed by atoms with van der Waals surface area (Å²) in [5, 5.41) is -1.06. The van der Waals surface area contributed by atoms with Gasteiger partial charge in [0, 0.05) is 6.26 Å². The number of rotatable bonds is 7. The molecule has 1 N–H and O–H groups in total. The molecule has 0 saturated carbocycles. The van der Waals surface area contributed by atoms with E-state index in [-0.39, 0.29) is 6.42 Å². The van der Waals surface area contributed by atoms with Gasteiger partial charge in [0.05, 0.1) is 7.11 Å². The van der Waals surface area contributed by atoms with Crippen LogP contribution in [0.2, 0.25) is 0 Å². The highest BCUT2D eigenvalue weighted by molar-refractivity contribution is 8.06. The number of hydrogen-bond acceptors (Lipinski definition) is 6. The molecule has 0 aromatic carbocycles. The third-order valence-electron chi connectivity index (χ3n) is 2.14. The summed E-state index contributed by atoms with van der Waals surface area (Å²) in [6.07, 6.45) is 1.55. The summed E-state index contributed by atoms with van der Waals surface area (Å²) in [7, 11) is -6.68. The molecule has 0 spiro atoms. The molecule has 9 heteroatoms. The lowest BCUT2D eigenvalue weighted by atomic mass is 9.98. The molecular formula is C9H19NO6S2. The number of hydrogen-bond donors (Lipinski definition) is 1. The summed E-state index contributed by atoms with van der Waals surface area (Å²) >= 11 is 0. The van der Waals surface area contributed by atoms with Crippen LogP contribution < -0.4 is 4.72 Å². The number of carbonyl (C=O) groups excluding carboxylic acids is 1. The minimum absolute atomic E-state index is 0.211. The van der Waals surface area contributed by atoms with Gasteiger partial charge in [0.25, 0.3) is 0 Å². The van der Waals surface area contributed by atoms with Crippen molar-refractivity contribution in [1.29, 1.82) is 0 Å². The van der Waals surface area contributed by atoms with Crippen LogP contribution in [0, 0.1) is 0 Å². The molecule has 0 rings (SSSR count). The van der Waals surface area contributed by atoms with Crippen LogP contribution in [0.1, 0.15) is 26.7 Å². The Bertz CT molecular complexity index is 495. The Morgan fingerprint density at radius 2 is 1.78 bits per heavy atom. The van der Waals surface area contributed by atoms with Crippen molar-refractivity contribution in [2.45, 2.75) is 32.2 Å². The molecule has 0 aliphatic carbocycles. The molecule has 0 saturated heterocycles. The third kappa shape index (κ3) is 5.78. The second kappa shape index (κ2) is 5.98. The Kier molecular flexibility index (Phi) is 5.76. The van der Waals surface area contributed by atoms with Gasteiger partial charge >= 0.3 is 5.97 Å². The van der Waals surface area contributed by atoms with E-state index in [2.05, 4.69) is 9.46 Å². The topological polar surface area (TPSA) is 107 Å². The predicted molar refractivity (Wildman–Crippen MR) is 67.1 cm³/mol. The molecule has 0 fully saturated rings. The number of sulfonamides is 1. The number of nitrogens with one attached hydrogen (secondary N) is 1. The largest absolute Gasteiger partial charge is 0.468 e. The standard InChI is InChI=1S/C9H19NO6S2/c1-5-6-9(2,8(11)16-3)10-18(14,15)7-17(4,12)13/h10H,5-7H2,1-4H3. The highest BCUT2D eigenvalue weighted by atomic mass is 32.3. The Morgan fingerprint density at radius 1 is 1.28 bits per heavy atom. The highest BCUT2D eigenvalue weighted by Crippen LogP contribution is 2.16. The third-order valence-corrected chi connectivity index (χ3v) is 5.85. The first-order valence-electron chi connectivity index (χ1n) is 5.23. The number of carbonyl (C=O) groups is 1. The minimum atomic E-state index is -4.11. The van der Waals surface area contributed by atoms with Gasteiger partial charge in [-0.15, -0.1) is 0 Å². The Morgan fingerprint density at radius 3 is 2.11 bits per heavy atom. The molecule has 0 radical (unpaired) electrons. The van der Waals surface area contributed by atoms with Gasteiger partial charge < -0.3 is 4.74 Å². The summed E-state index contributed by atoms with van der Waals surface area (Å²) in [5.74, 6) is -0.749. The number of methoxy groups -OCH3 is 1. The van der Waals surface area contributed by atoms with Gasteiger partial charge in [0.2, 0.25) is 10.0 Å². The fourth-order valence-electron chi connectivity index (χ4n) is 1.57. The predicted octanol–water partition coefficient (Wildman–Crippen LogP) is -0.360. The summed E-state index contributed by atoms with van der Waals surface area (Å²) in [6, 6.07) is 0. The van der Waals surface area contributed by atoms with Crippen LogP contribution in [-0.4, -0.2) is 46.8 Å². The van der Waals surface area contributed by atoms with E-state index in [1.54, 1.807) is 6.92 Å². The fraction of sp³-hybridized carbons (Fsp3) is 0.889. The van der Waals surface area contributed by atoms with E-state index in [1.165, 1.54) is 6.92 Å². The average molecular weight is 301 g/mol. The van der Waals surface area contributed by atoms with Crippen molar-refractivity contribution >= 4 is 25.8 Å². The molecule has 0 amide bonds. The highest BCUT2D eigenvalue weighted by Gasteiger charge is 2.38. The molecule has 0 aliphatic heterocycles. The smallest absolute Gasteiger partial charge is 0.326 e. The lowest BCUT2D eigenvalue weighted by molar-refractivity contribution is -0.147. The first kappa shape index (κ1) is 17.3. The van der Waals surface area contributed by atoms with Crippen molar-refractivity contribution in [2.75, 3.05) is 18.5 Å². The molecule has 0 aliphatic rings.